The maximum Gasteiger partial charge on any atom is 0.278 e. The molecule has 0 aliphatic rings. The van der Waals surface area contributed by atoms with Crippen LogP contribution in [0.25, 0.3) is 22.0 Å². The topological polar surface area (TPSA) is 73.8 Å². The monoisotopic (exact) mass is 348 g/mol. The first-order valence-corrected chi connectivity index (χ1v) is 8.00. The molecule has 0 unspecified atom stereocenters. The highest BCUT2D eigenvalue weighted by molar-refractivity contribution is 6.31. The first-order valence-electron chi connectivity index (χ1n) is 7.62. The number of pyridine rings is 1. The lowest BCUT2D eigenvalue weighted by Gasteiger charge is -2.04. The number of hydrogen-bond acceptors (Lipinski definition) is 4. The smallest absolute Gasteiger partial charge is 0.278 e. The van der Waals surface area contributed by atoms with Crippen molar-refractivity contribution >= 4 is 34.2 Å². The number of nitrogens with zero attached hydrogens (tertiary/aromatic N) is 3. The van der Waals surface area contributed by atoms with Crippen molar-refractivity contribution in [3.8, 4) is 11.1 Å². The van der Waals surface area contributed by atoms with E-state index in [-0.39, 0.29) is 5.91 Å². The summed E-state index contributed by atoms with van der Waals surface area (Å²) in [6.07, 6.45) is 3.50. The Balaban J connectivity index is 1.83. The van der Waals surface area contributed by atoms with E-state index in [1.807, 2.05) is 30.3 Å². The Kier molecular flexibility index (Phi) is 3.71. The molecule has 0 amide bonds. The first-order chi connectivity index (χ1) is 12.1. The molecule has 25 heavy (non-hydrogen) atoms. The summed E-state index contributed by atoms with van der Waals surface area (Å²) in [5, 5.41) is 5.43. The number of fused-ring (bicyclic) bond motifs is 1. The number of halogens is 1. The molecule has 4 rings (SSSR count). The van der Waals surface area contributed by atoms with Gasteiger partial charge in [-0.2, -0.15) is 4.68 Å². The lowest BCUT2D eigenvalue weighted by Crippen LogP contribution is -2.13. The number of benzene rings is 2. The molecular weight excluding hydrogens is 336 g/mol. The van der Waals surface area contributed by atoms with Gasteiger partial charge in [-0.05, 0) is 42.0 Å². The minimum Gasteiger partial charge on any atom is -0.382 e. The summed E-state index contributed by atoms with van der Waals surface area (Å²) >= 11 is 5.98. The van der Waals surface area contributed by atoms with Crippen molar-refractivity contribution in [2.24, 2.45) is 0 Å². The Labute approximate surface area is 148 Å². The molecule has 6 heteroatoms. The van der Waals surface area contributed by atoms with Gasteiger partial charge in [-0.3, -0.25) is 9.78 Å². The van der Waals surface area contributed by atoms with Crippen LogP contribution < -0.4 is 5.73 Å². The minimum absolute atomic E-state index is 0.279. The van der Waals surface area contributed by atoms with Crippen LogP contribution in [0.2, 0.25) is 5.02 Å². The average Bonchev–Trinajstić information content (AvgIpc) is 2.98. The van der Waals surface area contributed by atoms with E-state index in [2.05, 4.69) is 10.1 Å². The normalized spacial score (nSPS) is 10.9. The summed E-state index contributed by atoms with van der Waals surface area (Å²) < 4.78 is 1.31. The van der Waals surface area contributed by atoms with Crippen LogP contribution in [0.15, 0.2) is 67.0 Å². The van der Waals surface area contributed by atoms with Gasteiger partial charge in [0.2, 0.25) is 0 Å². The lowest BCUT2D eigenvalue weighted by molar-refractivity contribution is 0.0951. The highest BCUT2D eigenvalue weighted by Gasteiger charge is 2.16. The molecule has 122 valence electrons. The van der Waals surface area contributed by atoms with Crippen LogP contribution in [0.3, 0.4) is 0 Å². The molecule has 0 radical (unpaired) electrons. The Morgan fingerprint density at radius 2 is 1.92 bits per heavy atom. The van der Waals surface area contributed by atoms with Gasteiger partial charge < -0.3 is 5.73 Å². The summed E-state index contributed by atoms with van der Waals surface area (Å²) in [5.41, 5.74) is 9.07. The molecule has 4 aromatic rings. The summed E-state index contributed by atoms with van der Waals surface area (Å²) in [4.78, 5) is 16.9. The van der Waals surface area contributed by atoms with Crippen molar-refractivity contribution in [1.82, 2.24) is 14.8 Å². The van der Waals surface area contributed by atoms with Gasteiger partial charge >= 0.3 is 0 Å². The summed E-state index contributed by atoms with van der Waals surface area (Å²) in [7, 11) is 0. The zero-order valence-corrected chi connectivity index (χ0v) is 13.8. The molecule has 0 spiro atoms. The van der Waals surface area contributed by atoms with Crippen LogP contribution in [-0.2, 0) is 0 Å². The lowest BCUT2D eigenvalue weighted by atomic mass is 10.1. The van der Waals surface area contributed by atoms with Crippen molar-refractivity contribution in [3.05, 3.63) is 77.6 Å². The van der Waals surface area contributed by atoms with Gasteiger partial charge in [0.25, 0.3) is 5.91 Å². The van der Waals surface area contributed by atoms with Crippen molar-refractivity contribution < 1.29 is 4.79 Å². The molecule has 2 heterocycles. The second-order valence-corrected chi connectivity index (χ2v) is 6.02. The van der Waals surface area contributed by atoms with Gasteiger partial charge in [0, 0.05) is 33.9 Å². The number of anilines is 1. The van der Waals surface area contributed by atoms with Crippen LogP contribution in [0.1, 0.15) is 10.4 Å². The highest BCUT2D eigenvalue weighted by Crippen LogP contribution is 2.28. The number of aromatic nitrogens is 3. The fourth-order valence-corrected chi connectivity index (χ4v) is 2.94. The zero-order chi connectivity index (χ0) is 17.4. The summed E-state index contributed by atoms with van der Waals surface area (Å²) in [5.74, 6) is 0.0226. The molecule has 0 saturated carbocycles. The van der Waals surface area contributed by atoms with Crippen molar-refractivity contribution in [2.45, 2.75) is 0 Å². The van der Waals surface area contributed by atoms with Gasteiger partial charge in [0.1, 0.15) is 0 Å². The molecule has 0 saturated heterocycles. The number of rotatable bonds is 2. The maximum atomic E-state index is 12.8. The fraction of sp³-hybridized carbons (Fsp3) is 0. The van der Waals surface area contributed by atoms with Gasteiger partial charge in [-0.15, -0.1) is 5.10 Å². The SMILES string of the molecule is Nc1nn(C(=O)c2cccc(Cl)c2)c2ccc(-c3cccnc3)cc12. The number of nitrogens with two attached hydrogens (primary N) is 1. The summed E-state index contributed by atoms with van der Waals surface area (Å²) in [6.45, 7) is 0. The summed E-state index contributed by atoms with van der Waals surface area (Å²) in [6, 6.07) is 16.3. The molecule has 0 atom stereocenters. The molecule has 2 aromatic carbocycles. The van der Waals surface area contributed by atoms with Crippen LogP contribution in [0.5, 0.6) is 0 Å². The molecule has 2 aromatic heterocycles. The van der Waals surface area contributed by atoms with E-state index in [9.17, 15) is 4.79 Å². The number of carbonyl (C=O) groups excluding carboxylic acids is 1. The Bertz CT molecular complexity index is 1090. The van der Waals surface area contributed by atoms with E-state index >= 15 is 0 Å². The molecule has 0 aliphatic carbocycles. The predicted molar refractivity (Wildman–Crippen MR) is 98.6 cm³/mol. The molecular formula is C19H13ClN4O. The van der Waals surface area contributed by atoms with Gasteiger partial charge in [0.15, 0.2) is 5.82 Å². The second kappa shape index (κ2) is 6.03. The Morgan fingerprint density at radius 1 is 1.04 bits per heavy atom. The standard InChI is InChI=1S/C19H13ClN4O/c20-15-5-1-3-13(9-15)19(25)24-17-7-6-12(10-16(17)18(21)23-24)14-4-2-8-22-11-14/h1-11H,(H2,21,23). The molecule has 0 aliphatic heterocycles. The van der Waals surface area contributed by atoms with E-state index in [1.165, 1.54) is 4.68 Å². The van der Waals surface area contributed by atoms with Crippen LogP contribution in [0.4, 0.5) is 5.82 Å². The van der Waals surface area contributed by atoms with E-state index in [4.69, 9.17) is 17.3 Å². The molecule has 2 N–H and O–H groups in total. The predicted octanol–water partition coefficient (Wildman–Crippen LogP) is 4.02. The maximum absolute atomic E-state index is 12.8. The fourth-order valence-electron chi connectivity index (χ4n) is 2.75. The van der Waals surface area contributed by atoms with Crippen molar-refractivity contribution in [2.75, 3.05) is 5.73 Å². The van der Waals surface area contributed by atoms with Crippen LogP contribution in [-0.4, -0.2) is 20.7 Å². The zero-order valence-electron chi connectivity index (χ0n) is 13.1. The molecule has 0 bridgehead atoms. The van der Waals surface area contributed by atoms with E-state index < -0.39 is 0 Å². The Hall–Kier alpha value is -3.18. The number of nitrogen functional groups attached to an aromatic ring is 1. The molecule has 5 nitrogen and oxygen atoms in total. The van der Waals surface area contributed by atoms with Gasteiger partial charge in [0.05, 0.1) is 5.52 Å². The van der Waals surface area contributed by atoms with E-state index in [0.717, 1.165) is 16.5 Å². The number of hydrogen-bond donors (Lipinski definition) is 1. The van der Waals surface area contributed by atoms with Gasteiger partial charge in [-0.25, -0.2) is 0 Å². The van der Waals surface area contributed by atoms with Crippen LogP contribution >= 0.6 is 11.6 Å². The first kappa shape index (κ1) is 15.4. The van der Waals surface area contributed by atoms with E-state index in [0.29, 0.717) is 21.9 Å². The van der Waals surface area contributed by atoms with Crippen molar-refractivity contribution in [3.63, 3.8) is 0 Å². The third kappa shape index (κ3) is 2.75. The third-order valence-corrected chi connectivity index (χ3v) is 4.20. The van der Waals surface area contributed by atoms with Crippen LogP contribution in [0, 0.1) is 0 Å². The molecule has 0 fully saturated rings. The third-order valence-electron chi connectivity index (χ3n) is 3.97. The minimum atomic E-state index is -0.279. The highest BCUT2D eigenvalue weighted by atomic mass is 35.5. The van der Waals surface area contributed by atoms with Crippen molar-refractivity contribution in [1.29, 1.82) is 0 Å². The van der Waals surface area contributed by atoms with Gasteiger partial charge in [-0.1, -0.05) is 29.8 Å². The van der Waals surface area contributed by atoms with E-state index in [1.54, 1.807) is 36.7 Å². The largest absolute Gasteiger partial charge is 0.382 e. The number of carbonyl (C=O) groups is 1. The quantitative estimate of drug-likeness (QED) is 0.593. The Morgan fingerprint density at radius 3 is 2.68 bits per heavy atom. The second-order valence-electron chi connectivity index (χ2n) is 5.59. The average molecular weight is 349 g/mol.